The van der Waals surface area contributed by atoms with E-state index in [1.807, 2.05) is 0 Å². The summed E-state index contributed by atoms with van der Waals surface area (Å²) in [6.45, 7) is 3.20. The van der Waals surface area contributed by atoms with Crippen LogP contribution in [0.15, 0.2) is 12.0 Å². The minimum atomic E-state index is 0.895. The fraction of sp³-hybridized carbons (Fsp3) is 0.750. The largest absolute Gasteiger partial charge is 0.477 e. The lowest BCUT2D eigenvalue weighted by atomic mass is 10.2. The molecule has 0 spiro atoms. The average molecular weight is 139 g/mol. The van der Waals surface area contributed by atoms with Crippen molar-refractivity contribution in [3.63, 3.8) is 0 Å². The molecular weight excluding hydrogens is 126 g/mol. The number of nitrogens with zero attached hydrogens (tertiary/aromatic N) is 1. The van der Waals surface area contributed by atoms with Crippen molar-refractivity contribution in [1.82, 2.24) is 4.90 Å². The van der Waals surface area contributed by atoms with Crippen LogP contribution in [0.1, 0.15) is 19.3 Å². The lowest BCUT2D eigenvalue weighted by molar-refractivity contribution is 0.235. The second-order valence-corrected chi connectivity index (χ2v) is 2.87. The third kappa shape index (κ3) is 0.981. The first-order valence-electron chi connectivity index (χ1n) is 4.05. The third-order valence-corrected chi connectivity index (χ3v) is 2.12. The molecule has 2 heterocycles. The summed E-state index contributed by atoms with van der Waals surface area (Å²) in [5, 5.41) is 0. The Morgan fingerprint density at radius 1 is 1.30 bits per heavy atom. The van der Waals surface area contributed by atoms with Gasteiger partial charge >= 0.3 is 0 Å². The van der Waals surface area contributed by atoms with E-state index >= 15 is 0 Å². The maximum Gasteiger partial charge on any atom is 0.185 e. The van der Waals surface area contributed by atoms with Gasteiger partial charge in [0.05, 0.1) is 6.54 Å². The topological polar surface area (TPSA) is 12.5 Å². The van der Waals surface area contributed by atoms with Crippen LogP contribution in [0, 0.1) is 0 Å². The Labute approximate surface area is 61.5 Å². The van der Waals surface area contributed by atoms with Crippen LogP contribution in [0.4, 0.5) is 0 Å². The van der Waals surface area contributed by atoms with Gasteiger partial charge in [-0.1, -0.05) is 0 Å². The monoisotopic (exact) mass is 139 g/mol. The smallest absolute Gasteiger partial charge is 0.185 e. The van der Waals surface area contributed by atoms with Gasteiger partial charge in [-0.15, -0.1) is 0 Å². The first-order chi connectivity index (χ1) is 4.97. The highest BCUT2D eigenvalue weighted by molar-refractivity contribution is 4.98. The molecule has 1 fully saturated rings. The van der Waals surface area contributed by atoms with E-state index in [9.17, 15) is 0 Å². The van der Waals surface area contributed by atoms with Crippen LogP contribution in [-0.4, -0.2) is 24.6 Å². The van der Waals surface area contributed by atoms with Crippen molar-refractivity contribution in [2.75, 3.05) is 19.7 Å². The molecule has 2 heteroatoms. The molecule has 0 amide bonds. The number of ether oxygens (including phenoxy) is 1. The molecular formula is C8H13NO. The average Bonchev–Trinajstić information content (AvgIpc) is 2.28. The molecule has 0 saturated carbocycles. The first-order valence-corrected chi connectivity index (χ1v) is 4.05. The maximum absolute atomic E-state index is 5.42. The Kier molecular flexibility index (Phi) is 1.53. The van der Waals surface area contributed by atoms with Gasteiger partial charge in [-0.05, 0) is 25.3 Å². The van der Waals surface area contributed by atoms with E-state index in [0.717, 1.165) is 19.0 Å². The van der Waals surface area contributed by atoms with Gasteiger partial charge in [0.25, 0.3) is 0 Å². The molecule has 1 saturated heterocycles. The van der Waals surface area contributed by atoms with E-state index in [1.165, 1.54) is 25.8 Å². The van der Waals surface area contributed by atoms with Gasteiger partial charge in [-0.2, -0.15) is 0 Å². The lowest BCUT2D eigenvalue weighted by Gasteiger charge is -2.13. The Morgan fingerprint density at radius 3 is 3.30 bits per heavy atom. The van der Waals surface area contributed by atoms with E-state index in [1.54, 1.807) is 0 Å². The van der Waals surface area contributed by atoms with Crippen LogP contribution in [0.5, 0.6) is 0 Å². The predicted molar refractivity (Wildman–Crippen MR) is 39.5 cm³/mol. The van der Waals surface area contributed by atoms with Crippen molar-refractivity contribution in [3.05, 3.63) is 12.0 Å². The van der Waals surface area contributed by atoms with E-state index in [0.29, 0.717) is 0 Å². The second kappa shape index (κ2) is 2.52. The van der Waals surface area contributed by atoms with Crippen LogP contribution in [0.3, 0.4) is 0 Å². The molecule has 0 atom stereocenters. The summed E-state index contributed by atoms with van der Waals surface area (Å²) in [6.07, 6.45) is 6.07. The molecule has 2 aliphatic heterocycles. The van der Waals surface area contributed by atoms with Crippen molar-refractivity contribution in [2.24, 2.45) is 0 Å². The number of fused-ring (bicyclic) bond motifs is 1. The quantitative estimate of drug-likeness (QED) is 0.502. The highest BCUT2D eigenvalue weighted by Gasteiger charge is 2.18. The van der Waals surface area contributed by atoms with Crippen molar-refractivity contribution in [1.29, 1.82) is 0 Å². The van der Waals surface area contributed by atoms with Gasteiger partial charge in [0.1, 0.15) is 6.61 Å². The highest BCUT2D eigenvalue weighted by Crippen LogP contribution is 2.19. The predicted octanol–water partition coefficient (Wildman–Crippen LogP) is 1.34. The van der Waals surface area contributed by atoms with Gasteiger partial charge in [0.2, 0.25) is 0 Å². The van der Waals surface area contributed by atoms with E-state index in [4.69, 9.17) is 4.74 Å². The van der Waals surface area contributed by atoms with Crippen molar-refractivity contribution in [3.8, 4) is 0 Å². The SMILES string of the molecule is C1=C2OCCN2CCCC1. The molecule has 0 aromatic carbocycles. The van der Waals surface area contributed by atoms with E-state index < -0.39 is 0 Å². The van der Waals surface area contributed by atoms with Crippen LogP contribution in [0.2, 0.25) is 0 Å². The molecule has 0 bridgehead atoms. The standard InChI is InChI=1S/C8H13NO/c1-2-4-8-9(5-3-1)6-7-10-8/h4H,1-3,5-7H2. The molecule has 10 heavy (non-hydrogen) atoms. The summed E-state index contributed by atoms with van der Waals surface area (Å²) < 4.78 is 5.42. The third-order valence-electron chi connectivity index (χ3n) is 2.12. The highest BCUT2D eigenvalue weighted by atomic mass is 16.5. The van der Waals surface area contributed by atoms with Crippen molar-refractivity contribution < 1.29 is 4.74 Å². The summed E-state index contributed by atoms with van der Waals surface area (Å²) in [4.78, 5) is 2.34. The van der Waals surface area contributed by atoms with Crippen molar-refractivity contribution >= 4 is 0 Å². The molecule has 0 aromatic rings. The van der Waals surface area contributed by atoms with Gasteiger partial charge in [-0.25, -0.2) is 0 Å². The summed E-state index contributed by atoms with van der Waals surface area (Å²) >= 11 is 0. The zero-order chi connectivity index (χ0) is 6.81. The molecule has 2 aliphatic rings. The Hall–Kier alpha value is -0.660. The van der Waals surface area contributed by atoms with E-state index in [-0.39, 0.29) is 0 Å². The summed E-state index contributed by atoms with van der Waals surface area (Å²) in [7, 11) is 0. The fourth-order valence-corrected chi connectivity index (χ4v) is 1.54. The van der Waals surface area contributed by atoms with Gasteiger partial charge < -0.3 is 9.64 Å². The molecule has 0 radical (unpaired) electrons. The second-order valence-electron chi connectivity index (χ2n) is 2.87. The molecule has 56 valence electrons. The van der Waals surface area contributed by atoms with Gasteiger partial charge in [-0.3, -0.25) is 0 Å². The van der Waals surface area contributed by atoms with Gasteiger partial charge in [0.15, 0.2) is 5.88 Å². The molecule has 2 rings (SSSR count). The molecule has 0 unspecified atom stereocenters. The molecule has 0 aromatic heterocycles. The van der Waals surface area contributed by atoms with Crippen LogP contribution in [0.25, 0.3) is 0 Å². The minimum absolute atomic E-state index is 0.895. The first kappa shape index (κ1) is 6.08. The van der Waals surface area contributed by atoms with Crippen molar-refractivity contribution in [2.45, 2.75) is 19.3 Å². The lowest BCUT2D eigenvalue weighted by Crippen LogP contribution is -2.18. The Morgan fingerprint density at radius 2 is 2.30 bits per heavy atom. The number of allylic oxidation sites excluding steroid dienone is 1. The molecule has 0 aliphatic carbocycles. The van der Waals surface area contributed by atoms with Crippen LogP contribution in [-0.2, 0) is 4.74 Å². The number of hydrogen-bond acceptors (Lipinski definition) is 2. The summed E-state index contributed by atoms with van der Waals surface area (Å²) in [6, 6.07) is 0. The Balaban J connectivity index is 2.10. The normalized spacial score (nSPS) is 24.8. The number of rotatable bonds is 0. The minimum Gasteiger partial charge on any atom is -0.477 e. The van der Waals surface area contributed by atoms with E-state index in [2.05, 4.69) is 11.0 Å². The molecule has 2 nitrogen and oxygen atoms in total. The van der Waals surface area contributed by atoms with Gasteiger partial charge in [0, 0.05) is 6.54 Å². The van der Waals surface area contributed by atoms with Crippen LogP contribution < -0.4 is 0 Å². The summed E-state index contributed by atoms with van der Waals surface area (Å²) in [5.74, 6) is 1.14. The zero-order valence-corrected chi connectivity index (χ0v) is 6.18. The van der Waals surface area contributed by atoms with Crippen LogP contribution >= 0.6 is 0 Å². The Bertz CT molecular complexity index is 153. The zero-order valence-electron chi connectivity index (χ0n) is 6.18. The maximum atomic E-state index is 5.42. The molecule has 0 N–H and O–H groups in total. The number of hydrogen-bond donors (Lipinski definition) is 0. The summed E-state index contributed by atoms with van der Waals surface area (Å²) in [5.41, 5.74) is 0. The fourth-order valence-electron chi connectivity index (χ4n) is 1.54.